The normalized spacial score (nSPS) is 11.1. The van der Waals surface area contributed by atoms with Gasteiger partial charge in [0, 0.05) is 25.5 Å². The molecule has 0 aliphatic carbocycles. The maximum Gasteiger partial charge on any atom is 0.268 e. The van der Waals surface area contributed by atoms with Crippen LogP contribution in [0.3, 0.4) is 0 Å². The van der Waals surface area contributed by atoms with Gasteiger partial charge in [-0.1, -0.05) is 46.3 Å². The minimum absolute atomic E-state index is 0.175. The van der Waals surface area contributed by atoms with Crippen molar-refractivity contribution in [2.75, 3.05) is 7.11 Å². The zero-order valence-corrected chi connectivity index (χ0v) is 20.7. The average Bonchev–Trinajstić information content (AvgIpc) is 3.30. The van der Waals surface area contributed by atoms with Gasteiger partial charge < -0.3 is 4.74 Å². The summed E-state index contributed by atoms with van der Waals surface area (Å²) in [5.74, 6) is 1.32. The van der Waals surface area contributed by atoms with Gasteiger partial charge in [0.1, 0.15) is 11.6 Å². The highest BCUT2D eigenvalue weighted by Gasteiger charge is 2.19. The van der Waals surface area contributed by atoms with Crippen LogP contribution in [0, 0.1) is 0 Å². The Labute approximate surface area is 204 Å². The molecule has 0 aliphatic rings. The minimum atomic E-state index is -0.175. The third-order valence-corrected chi connectivity index (χ3v) is 6.88. The van der Waals surface area contributed by atoms with Crippen molar-refractivity contribution in [3.05, 3.63) is 91.4 Å². The van der Waals surface area contributed by atoms with Crippen LogP contribution in [0.4, 0.5) is 0 Å². The Balaban J connectivity index is 1.75. The summed E-state index contributed by atoms with van der Waals surface area (Å²) in [7, 11) is 1.64. The van der Waals surface area contributed by atoms with Crippen LogP contribution in [-0.4, -0.2) is 21.6 Å². The number of halogens is 2. The smallest absolute Gasteiger partial charge is 0.268 e. The lowest BCUT2D eigenvalue weighted by Gasteiger charge is -2.12. The van der Waals surface area contributed by atoms with E-state index in [-0.39, 0.29) is 5.56 Å². The van der Waals surface area contributed by atoms with Crippen LogP contribution in [0.1, 0.15) is 0 Å². The fraction of sp³-hybridized carbons (Fsp3) is 0.0417. The molecule has 5 nitrogen and oxygen atoms in total. The largest absolute Gasteiger partial charge is 0.497 e. The first kappa shape index (κ1) is 21.1. The first-order valence-corrected chi connectivity index (χ1v) is 12.1. The lowest BCUT2D eigenvalue weighted by Crippen LogP contribution is -2.22. The Morgan fingerprint density at radius 2 is 1.69 bits per heavy atom. The summed E-state index contributed by atoms with van der Waals surface area (Å²) in [6, 6.07) is 21.0. The van der Waals surface area contributed by atoms with Gasteiger partial charge in [-0.15, -0.1) is 11.3 Å². The summed E-state index contributed by atoms with van der Waals surface area (Å²) in [6.07, 6.45) is 0. The summed E-state index contributed by atoms with van der Waals surface area (Å²) in [5, 5.41) is 3.01. The van der Waals surface area contributed by atoms with E-state index in [1.807, 2.05) is 66.0 Å². The molecule has 0 radical (unpaired) electrons. The predicted molar refractivity (Wildman–Crippen MR) is 136 cm³/mol. The van der Waals surface area contributed by atoms with Crippen LogP contribution in [0.15, 0.2) is 85.9 Å². The second-order valence-electron chi connectivity index (χ2n) is 6.97. The van der Waals surface area contributed by atoms with Crippen molar-refractivity contribution < 1.29 is 4.74 Å². The van der Waals surface area contributed by atoms with Gasteiger partial charge in [0.2, 0.25) is 0 Å². The van der Waals surface area contributed by atoms with E-state index in [9.17, 15) is 4.79 Å². The molecule has 8 heteroatoms. The summed E-state index contributed by atoms with van der Waals surface area (Å²) in [5.41, 5.74) is 3.00. The molecule has 0 bridgehead atoms. The highest BCUT2D eigenvalue weighted by molar-refractivity contribution is 9.11. The van der Waals surface area contributed by atoms with Crippen molar-refractivity contribution in [3.8, 4) is 33.5 Å². The predicted octanol–water partition coefficient (Wildman–Crippen LogP) is 6.71. The lowest BCUT2D eigenvalue weighted by molar-refractivity contribution is 0.415. The maximum absolute atomic E-state index is 13.7. The number of fused-ring (bicyclic) bond motifs is 1. The molecule has 0 spiro atoms. The molecule has 0 atom stereocenters. The van der Waals surface area contributed by atoms with E-state index in [4.69, 9.17) is 14.7 Å². The monoisotopic (exact) mass is 567 g/mol. The van der Waals surface area contributed by atoms with Crippen molar-refractivity contribution in [2.45, 2.75) is 0 Å². The van der Waals surface area contributed by atoms with Crippen LogP contribution in [-0.2, 0) is 0 Å². The SMILES string of the molecule is COc1ccc(-c2csc(-n3c(-c4ccccc4)nc4c(Br)cc(Br)cc4c3=O)n2)cc1. The molecule has 5 aromatic rings. The van der Waals surface area contributed by atoms with Crippen LogP contribution in [0.25, 0.3) is 38.7 Å². The lowest BCUT2D eigenvalue weighted by atomic mass is 10.1. The Hall–Kier alpha value is -2.81. The number of thiazole rings is 1. The molecule has 0 unspecified atom stereocenters. The summed E-state index contributed by atoms with van der Waals surface area (Å²) in [4.78, 5) is 23.3. The fourth-order valence-electron chi connectivity index (χ4n) is 3.43. The molecule has 0 fully saturated rings. The Morgan fingerprint density at radius 1 is 0.938 bits per heavy atom. The van der Waals surface area contributed by atoms with E-state index < -0.39 is 0 Å². The molecule has 0 amide bonds. The first-order chi connectivity index (χ1) is 15.5. The summed E-state index contributed by atoms with van der Waals surface area (Å²) < 4.78 is 8.38. The van der Waals surface area contributed by atoms with E-state index in [1.165, 1.54) is 11.3 Å². The zero-order chi connectivity index (χ0) is 22.2. The number of aromatic nitrogens is 3. The number of rotatable bonds is 4. The van der Waals surface area contributed by atoms with E-state index in [0.29, 0.717) is 21.9 Å². The maximum atomic E-state index is 13.7. The van der Waals surface area contributed by atoms with E-state index in [1.54, 1.807) is 17.7 Å². The van der Waals surface area contributed by atoms with E-state index >= 15 is 0 Å². The van der Waals surface area contributed by atoms with Crippen LogP contribution in [0.2, 0.25) is 0 Å². The van der Waals surface area contributed by atoms with Crippen LogP contribution in [0.5, 0.6) is 5.75 Å². The number of hydrogen-bond acceptors (Lipinski definition) is 5. The third kappa shape index (κ3) is 3.79. The number of hydrogen-bond donors (Lipinski definition) is 0. The van der Waals surface area contributed by atoms with Crippen molar-refractivity contribution in [3.63, 3.8) is 0 Å². The number of nitrogens with zero attached hydrogens (tertiary/aromatic N) is 3. The summed E-state index contributed by atoms with van der Waals surface area (Å²) >= 11 is 8.44. The van der Waals surface area contributed by atoms with Crippen LogP contribution >= 0.6 is 43.2 Å². The van der Waals surface area contributed by atoms with Crippen LogP contribution < -0.4 is 10.3 Å². The molecule has 0 aliphatic heterocycles. The molecule has 0 saturated heterocycles. The van der Waals surface area contributed by atoms with Gasteiger partial charge in [-0.05, 0) is 52.3 Å². The minimum Gasteiger partial charge on any atom is -0.497 e. The second kappa shape index (κ2) is 8.61. The molecule has 3 aromatic carbocycles. The van der Waals surface area contributed by atoms with Gasteiger partial charge in [-0.3, -0.25) is 4.79 Å². The van der Waals surface area contributed by atoms with Gasteiger partial charge in [0.15, 0.2) is 5.13 Å². The molecular formula is C24H15Br2N3O2S. The van der Waals surface area contributed by atoms with Gasteiger partial charge in [0.25, 0.3) is 5.56 Å². The van der Waals surface area contributed by atoms with E-state index in [2.05, 4.69) is 31.9 Å². The first-order valence-electron chi connectivity index (χ1n) is 9.62. The number of benzene rings is 3. The fourth-order valence-corrected chi connectivity index (χ4v) is 5.58. The molecule has 5 rings (SSSR count). The second-order valence-corrected chi connectivity index (χ2v) is 9.58. The molecular weight excluding hydrogens is 554 g/mol. The van der Waals surface area contributed by atoms with Crippen molar-refractivity contribution in [2.24, 2.45) is 0 Å². The van der Waals surface area contributed by atoms with Gasteiger partial charge >= 0.3 is 0 Å². The Kier molecular flexibility index (Phi) is 5.67. The van der Waals surface area contributed by atoms with Crippen molar-refractivity contribution in [1.29, 1.82) is 0 Å². The molecule has 158 valence electrons. The van der Waals surface area contributed by atoms with E-state index in [0.717, 1.165) is 31.5 Å². The zero-order valence-electron chi connectivity index (χ0n) is 16.8. The molecule has 32 heavy (non-hydrogen) atoms. The summed E-state index contributed by atoms with van der Waals surface area (Å²) in [6.45, 7) is 0. The number of ether oxygens (including phenoxy) is 1. The number of methoxy groups -OCH3 is 1. The van der Waals surface area contributed by atoms with Crippen molar-refractivity contribution >= 4 is 54.1 Å². The molecule has 2 aromatic heterocycles. The Bertz CT molecular complexity index is 1500. The standard InChI is InChI=1S/C24H15Br2N3O2S/c1-31-17-9-7-14(8-10-17)20-13-32-24(27-20)29-22(15-5-3-2-4-6-15)28-21-18(23(29)30)11-16(25)12-19(21)26/h2-13H,1H3. The highest BCUT2D eigenvalue weighted by atomic mass is 79.9. The molecule has 0 saturated carbocycles. The third-order valence-electron chi connectivity index (χ3n) is 4.99. The van der Waals surface area contributed by atoms with Gasteiger partial charge in [0.05, 0.1) is 23.7 Å². The topological polar surface area (TPSA) is 57.0 Å². The highest BCUT2D eigenvalue weighted by Crippen LogP contribution is 2.31. The van der Waals surface area contributed by atoms with Gasteiger partial charge in [-0.2, -0.15) is 0 Å². The Morgan fingerprint density at radius 3 is 2.41 bits per heavy atom. The molecule has 2 heterocycles. The van der Waals surface area contributed by atoms with Gasteiger partial charge in [-0.25, -0.2) is 14.5 Å². The quantitative estimate of drug-likeness (QED) is 0.242. The molecule has 0 N–H and O–H groups in total. The average molecular weight is 569 g/mol. The van der Waals surface area contributed by atoms with Crippen molar-refractivity contribution in [1.82, 2.24) is 14.5 Å².